The van der Waals surface area contributed by atoms with Gasteiger partial charge in [-0.15, -0.1) is 0 Å². The predicted molar refractivity (Wildman–Crippen MR) is 247 cm³/mol. The number of carbonyl (C=O) groups is 3. The highest BCUT2D eigenvalue weighted by Gasteiger charge is 2.32. The van der Waals surface area contributed by atoms with Crippen LogP contribution in [0, 0.1) is 5.41 Å². The van der Waals surface area contributed by atoms with E-state index in [1.165, 1.54) is 32.6 Å². The maximum atomic E-state index is 13.9. The first kappa shape index (κ1) is 47.9. The van der Waals surface area contributed by atoms with Gasteiger partial charge in [0.1, 0.15) is 35.7 Å². The van der Waals surface area contributed by atoms with E-state index in [4.69, 9.17) is 25.3 Å². The van der Waals surface area contributed by atoms with E-state index in [0.717, 1.165) is 50.5 Å². The Bertz CT molecular complexity index is 2350. The molecule has 2 aromatic heterocycles. The number of amides is 4. The lowest BCUT2D eigenvalue weighted by molar-refractivity contribution is -0.126. The Kier molecular flexibility index (Phi) is 17.3. The number of nitrogens with two attached hydrogens (primary N) is 1. The zero-order valence-electron chi connectivity index (χ0n) is 37.0. The Balaban J connectivity index is 1.17. The van der Waals surface area contributed by atoms with Crippen molar-refractivity contribution in [2.75, 3.05) is 64.2 Å². The van der Waals surface area contributed by atoms with E-state index in [9.17, 15) is 18.6 Å². The molecule has 3 heterocycles. The summed E-state index contributed by atoms with van der Waals surface area (Å²) in [5.74, 6) is 0.152. The summed E-state index contributed by atoms with van der Waals surface area (Å²) in [7, 11) is 3.70. The third-order valence-corrected chi connectivity index (χ3v) is 12.2. The Morgan fingerprint density at radius 1 is 1.14 bits per heavy atom. The van der Waals surface area contributed by atoms with Gasteiger partial charge in [0.2, 0.25) is 12.3 Å². The quantitative estimate of drug-likeness (QED) is 0.0652. The van der Waals surface area contributed by atoms with Gasteiger partial charge in [-0.05, 0) is 101 Å². The summed E-state index contributed by atoms with van der Waals surface area (Å²) in [5.41, 5.74) is 9.79. The van der Waals surface area contributed by atoms with E-state index in [0.29, 0.717) is 76.1 Å². The molecule has 2 aromatic carbocycles. The van der Waals surface area contributed by atoms with Crippen molar-refractivity contribution in [3.63, 3.8) is 0 Å². The van der Waals surface area contributed by atoms with Gasteiger partial charge >= 0.3 is 6.03 Å². The molecule has 2 unspecified atom stereocenters. The number of hydrogen-bond donors (Lipinski definition) is 4. The fraction of sp³-hybridized carbons (Fsp3) is 0.432. The number of urea groups is 1. The highest BCUT2D eigenvalue weighted by Crippen LogP contribution is 2.32. The first-order valence-electron chi connectivity index (χ1n) is 21.0. The first-order valence-corrected chi connectivity index (χ1v) is 22.1. The van der Waals surface area contributed by atoms with Gasteiger partial charge in [-0.1, -0.05) is 25.5 Å². The van der Waals surface area contributed by atoms with Gasteiger partial charge in [-0.25, -0.2) is 28.0 Å². The van der Waals surface area contributed by atoms with Gasteiger partial charge in [-0.3, -0.25) is 19.8 Å². The SMILES string of the molecule is C=Nn1cnc(/C(C=N)=C/N)c(OC(C)C)/c1=N/CNc1ccc(S(=O)N(C)CCCN2CCC(c3ccc(N(C(=O)N(C)C)C(CCC)C(=O)NC=O)cc3)CC2)c2ccoc12. The zero-order chi connectivity index (χ0) is 45.6. The fourth-order valence-corrected chi connectivity index (χ4v) is 8.73. The minimum Gasteiger partial charge on any atom is -0.485 e. The van der Waals surface area contributed by atoms with Crippen molar-refractivity contribution in [3.8, 4) is 5.75 Å². The van der Waals surface area contributed by atoms with Crippen molar-refractivity contribution in [3.05, 3.63) is 78.0 Å². The molecule has 63 heavy (non-hydrogen) atoms. The Labute approximate surface area is 370 Å². The number of nitrogens with one attached hydrogen (secondary N) is 3. The third kappa shape index (κ3) is 11.6. The summed E-state index contributed by atoms with van der Waals surface area (Å²) in [4.78, 5) is 52.2. The smallest absolute Gasteiger partial charge is 0.324 e. The molecule has 0 radical (unpaired) electrons. The van der Waals surface area contributed by atoms with E-state index >= 15 is 0 Å². The molecule has 0 saturated carbocycles. The number of rotatable bonds is 21. The van der Waals surface area contributed by atoms with E-state index in [-0.39, 0.29) is 18.8 Å². The number of piperidine rings is 1. The molecule has 1 aliphatic heterocycles. The summed E-state index contributed by atoms with van der Waals surface area (Å²) in [6.07, 6.45) is 9.36. The Hall–Kier alpha value is -6.18. The number of nitrogens with zero attached hydrogens (tertiary/aromatic N) is 8. The van der Waals surface area contributed by atoms with Gasteiger partial charge < -0.3 is 35.4 Å². The van der Waals surface area contributed by atoms with Gasteiger partial charge in [0.15, 0.2) is 16.8 Å². The van der Waals surface area contributed by atoms with Crippen LogP contribution >= 0.6 is 0 Å². The second-order valence-corrected chi connectivity index (χ2v) is 17.1. The largest absolute Gasteiger partial charge is 0.485 e. The Morgan fingerprint density at radius 2 is 1.87 bits per heavy atom. The van der Waals surface area contributed by atoms with Crippen LogP contribution in [-0.4, -0.2) is 125 Å². The van der Waals surface area contributed by atoms with Crippen LogP contribution in [0.15, 0.2) is 80.7 Å². The second kappa shape index (κ2) is 22.8. The number of imide groups is 1. The van der Waals surface area contributed by atoms with Crippen molar-refractivity contribution in [2.45, 2.75) is 75.8 Å². The van der Waals surface area contributed by atoms with Crippen LogP contribution in [0.25, 0.3) is 16.5 Å². The van der Waals surface area contributed by atoms with Crippen LogP contribution in [-0.2, 0) is 20.6 Å². The molecule has 5 N–H and O–H groups in total. The van der Waals surface area contributed by atoms with Gasteiger partial charge in [0.05, 0.1) is 22.9 Å². The van der Waals surface area contributed by atoms with Crippen molar-refractivity contribution in [1.29, 1.82) is 5.41 Å². The van der Waals surface area contributed by atoms with Crippen LogP contribution < -0.4 is 31.5 Å². The molecule has 0 spiro atoms. The van der Waals surface area contributed by atoms with Gasteiger partial charge in [0, 0.05) is 63.5 Å². The number of fused-ring (bicyclic) bond motifs is 1. The normalized spacial score (nSPS) is 15.0. The van der Waals surface area contributed by atoms with Crippen LogP contribution in [0.4, 0.5) is 16.2 Å². The fourth-order valence-electron chi connectivity index (χ4n) is 7.57. The van der Waals surface area contributed by atoms with E-state index < -0.39 is 22.9 Å². The molecule has 338 valence electrons. The molecule has 19 heteroatoms. The third-order valence-electron chi connectivity index (χ3n) is 10.7. The number of hydrogen-bond acceptors (Lipinski definition) is 13. The Morgan fingerprint density at radius 3 is 2.49 bits per heavy atom. The van der Waals surface area contributed by atoms with Crippen molar-refractivity contribution >= 4 is 70.2 Å². The van der Waals surface area contributed by atoms with E-state index in [2.05, 4.69) is 32.3 Å². The van der Waals surface area contributed by atoms with Crippen molar-refractivity contribution in [2.24, 2.45) is 15.8 Å². The molecular formula is C44H60N12O6S. The molecule has 4 aromatic rings. The summed E-state index contributed by atoms with van der Waals surface area (Å²) < 4.78 is 29.1. The lowest BCUT2D eigenvalue weighted by atomic mass is 9.89. The molecule has 1 aliphatic rings. The molecule has 2 atom stereocenters. The molecule has 0 aliphatic carbocycles. The van der Waals surface area contributed by atoms with Crippen molar-refractivity contribution < 1.29 is 27.7 Å². The summed E-state index contributed by atoms with van der Waals surface area (Å²) in [6.45, 7) is 12.7. The molecule has 18 nitrogen and oxygen atoms in total. The maximum Gasteiger partial charge on any atom is 0.324 e. The number of furan rings is 1. The standard InChI is InChI=1S/C44H60N12O6S/c1-8-10-37(43(58)51-29-57)56(44(59)52(5)6)34-13-11-31(12-14-34)32-17-22-54(23-18-32)21-9-20-53(7)63(60)38-16-15-36(40-35(38)19-24-61-40)48-27-49-42-41(62-30(2)3)39(33(25-45)26-46)50-28-55(42)47-4/h11-16,19,24-26,28-30,32,37,45,48H,4,8-10,17-18,20-23,27,46H2,1-3,5-7H3,(H,51,57,58)/b33-26+,45-25?,49-42-. The number of aromatic nitrogens is 2. The number of ether oxygens (including phenoxy) is 1. The minimum absolute atomic E-state index is 0.0876. The van der Waals surface area contributed by atoms with Crippen LogP contribution in [0.3, 0.4) is 0 Å². The van der Waals surface area contributed by atoms with Crippen molar-refractivity contribution in [1.82, 2.24) is 29.1 Å². The lowest BCUT2D eigenvalue weighted by Crippen LogP contribution is -2.52. The summed E-state index contributed by atoms with van der Waals surface area (Å²) >= 11 is 0. The number of benzene rings is 2. The lowest BCUT2D eigenvalue weighted by Gasteiger charge is -2.34. The number of carbonyl (C=O) groups excluding carboxylic acids is 3. The summed E-state index contributed by atoms with van der Waals surface area (Å²) in [5, 5.41) is 18.0. The highest BCUT2D eigenvalue weighted by atomic mass is 32.2. The summed E-state index contributed by atoms with van der Waals surface area (Å²) in [6, 6.07) is 12.2. The number of likely N-dealkylation sites (tertiary alicyclic amines) is 1. The number of allylic oxidation sites excluding steroid dienone is 1. The van der Waals surface area contributed by atoms with Gasteiger partial charge in [0.25, 0.3) is 0 Å². The average Bonchev–Trinajstić information content (AvgIpc) is 3.78. The molecular weight excluding hydrogens is 825 g/mol. The monoisotopic (exact) mass is 884 g/mol. The first-order chi connectivity index (χ1) is 30.4. The van der Waals surface area contributed by atoms with E-state index in [1.807, 2.05) is 74.6 Å². The maximum absolute atomic E-state index is 13.9. The zero-order valence-corrected chi connectivity index (χ0v) is 37.8. The minimum atomic E-state index is -1.45. The molecule has 0 bridgehead atoms. The van der Waals surface area contributed by atoms with E-state index in [1.54, 1.807) is 20.4 Å². The topological polar surface area (TPSA) is 220 Å². The highest BCUT2D eigenvalue weighted by molar-refractivity contribution is 7.82. The molecule has 1 fully saturated rings. The molecule has 1 saturated heterocycles. The van der Waals surface area contributed by atoms with Crippen LogP contribution in [0.5, 0.6) is 5.75 Å². The number of anilines is 2. The van der Waals surface area contributed by atoms with Crippen LogP contribution in [0.2, 0.25) is 0 Å². The second-order valence-electron chi connectivity index (χ2n) is 15.6. The molecule has 4 amide bonds. The average molecular weight is 885 g/mol. The van der Waals surface area contributed by atoms with Crippen LogP contribution in [0.1, 0.15) is 70.1 Å². The molecule has 5 rings (SSSR count). The predicted octanol–water partition coefficient (Wildman–Crippen LogP) is 4.95. The van der Waals surface area contributed by atoms with Gasteiger partial charge in [-0.2, -0.15) is 5.10 Å².